The monoisotopic (exact) mass is 1120 g/mol. The molecule has 0 radical (unpaired) electrons. The molecule has 0 aromatic heterocycles. The maximum atomic E-state index is 13.4. The third-order valence-electron chi connectivity index (χ3n) is 13.8. The largest absolute Gasteiger partial charge is 0.454 e. The summed E-state index contributed by atoms with van der Waals surface area (Å²) in [6.45, 7) is 5.59. The summed E-state index contributed by atoms with van der Waals surface area (Å²) in [7, 11) is 0. The molecule has 11 heteroatoms. The number of hydrogen-bond donors (Lipinski definition) is 6. The fourth-order valence-electron chi connectivity index (χ4n) is 8.81. The van der Waals surface area contributed by atoms with Crippen LogP contribution in [0.4, 0.5) is 0 Å². The zero-order valence-electron chi connectivity index (χ0n) is 50.1. The molecule has 0 saturated carbocycles. The molecule has 1 amide bonds. The lowest BCUT2D eigenvalue weighted by atomic mass is 9.99. The molecule has 6 N–H and O–H groups in total. The number of aliphatic hydroxyl groups is 5. The number of carbonyl (C=O) groups excluding carboxylic acids is 2. The Kier molecular flexibility index (Phi) is 51.1. The molecule has 11 nitrogen and oxygen atoms in total. The smallest absolute Gasteiger partial charge is 0.306 e. The van der Waals surface area contributed by atoms with Crippen LogP contribution in [0.1, 0.15) is 226 Å². The maximum Gasteiger partial charge on any atom is 0.306 e. The molecule has 1 aliphatic rings. The molecule has 8 unspecified atom stereocenters. The predicted octanol–water partition coefficient (Wildman–Crippen LogP) is 15.2. The molecular weight excluding hydrogens is 1000 g/mol. The summed E-state index contributed by atoms with van der Waals surface area (Å²) in [6, 6.07) is -1.06. The van der Waals surface area contributed by atoms with Gasteiger partial charge in [0, 0.05) is 6.42 Å². The summed E-state index contributed by atoms with van der Waals surface area (Å²) in [6.07, 6.45) is 67.7. The third-order valence-corrected chi connectivity index (χ3v) is 13.8. The molecule has 454 valence electrons. The normalized spacial score (nSPS) is 19.7. The standard InChI is InChI=1S/C69H113NO10/c1-4-7-10-13-16-19-22-25-27-29-31-32-33-35-37-39-42-45-48-51-54-57-64(74)80-67-66(76)65(75)63(58-71)79-69(67)78-59-60(61(72)55-52-49-46-43-40-24-21-18-15-12-9-6-3)70-68(77)62(73)56-53-50-47-44-41-38-36-34-30-28-26-23-20-17-14-11-8-5-2/h7,10,16-17,19-20,25-28,31-32,34-37,41-42,44-45,52,55,60-63,65-67,69,71-73,75-76H,4-6,8-9,11-15,18,21-24,29-30,33,38-40,43,46-51,53-54,56-59H2,1-3H3,(H,70,77)/b10-7-,19-16-,20-17-,27-25-,28-26-,32-31-,36-34-,37-35-,44-41-,45-42-,55-52+. The van der Waals surface area contributed by atoms with Crippen molar-refractivity contribution < 1.29 is 49.3 Å². The van der Waals surface area contributed by atoms with E-state index in [0.29, 0.717) is 12.8 Å². The van der Waals surface area contributed by atoms with Gasteiger partial charge in [0.2, 0.25) is 5.91 Å². The fourth-order valence-corrected chi connectivity index (χ4v) is 8.81. The molecule has 80 heavy (non-hydrogen) atoms. The average molecular weight is 1120 g/mol. The molecule has 0 aliphatic carbocycles. The average Bonchev–Trinajstić information content (AvgIpc) is 3.45. The molecule has 0 aromatic rings. The Morgan fingerprint density at radius 1 is 0.500 bits per heavy atom. The van der Waals surface area contributed by atoms with E-state index in [-0.39, 0.29) is 19.4 Å². The number of rotatable bonds is 51. The molecule has 1 rings (SSSR count). The van der Waals surface area contributed by atoms with E-state index in [1.807, 2.05) is 6.08 Å². The fraction of sp³-hybridized carbons (Fsp3) is 0.652. The SMILES string of the molecule is CC/C=C\C/C=C\C/C=C\C/C=C\C/C=C\C/C=C\CCCCC(=O)OC1C(OCC(NC(=O)C(O)CCCC/C=C\C/C=C\C/C=C\C/C=C\CCCCC)C(O)/C=C/CCCCCCCCCCCC)OC(CO)C(O)C1O. The Hall–Kier alpha value is -4.20. The van der Waals surface area contributed by atoms with E-state index in [9.17, 15) is 35.1 Å². The topological polar surface area (TPSA) is 175 Å². The van der Waals surface area contributed by atoms with Crippen molar-refractivity contribution in [3.63, 3.8) is 0 Å². The van der Waals surface area contributed by atoms with Gasteiger partial charge in [-0.1, -0.05) is 231 Å². The van der Waals surface area contributed by atoms with Crippen molar-refractivity contribution in [2.24, 2.45) is 0 Å². The van der Waals surface area contributed by atoms with Crippen LogP contribution in [-0.2, 0) is 23.8 Å². The Morgan fingerprint density at radius 2 is 0.900 bits per heavy atom. The van der Waals surface area contributed by atoms with Gasteiger partial charge in [0.05, 0.1) is 25.4 Å². The highest BCUT2D eigenvalue weighted by Crippen LogP contribution is 2.26. The zero-order valence-corrected chi connectivity index (χ0v) is 50.1. The van der Waals surface area contributed by atoms with Crippen LogP contribution in [0.5, 0.6) is 0 Å². The molecule has 1 heterocycles. The minimum Gasteiger partial charge on any atom is -0.454 e. The second-order valence-corrected chi connectivity index (χ2v) is 21.0. The lowest BCUT2D eigenvalue weighted by Gasteiger charge is -2.41. The molecule has 0 aromatic carbocycles. The second-order valence-electron chi connectivity index (χ2n) is 21.0. The van der Waals surface area contributed by atoms with Gasteiger partial charge in [-0.05, 0) is 122 Å². The summed E-state index contributed by atoms with van der Waals surface area (Å²) < 4.78 is 17.6. The summed E-state index contributed by atoms with van der Waals surface area (Å²) >= 11 is 0. The summed E-state index contributed by atoms with van der Waals surface area (Å²) in [5, 5.41) is 57.0. The van der Waals surface area contributed by atoms with Gasteiger partial charge < -0.3 is 45.1 Å². The van der Waals surface area contributed by atoms with Crippen molar-refractivity contribution in [3.05, 3.63) is 134 Å². The van der Waals surface area contributed by atoms with Crippen molar-refractivity contribution in [2.45, 2.75) is 275 Å². The van der Waals surface area contributed by atoms with Gasteiger partial charge in [0.25, 0.3) is 0 Å². The quantitative estimate of drug-likeness (QED) is 0.0195. The van der Waals surface area contributed by atoms with Crippen LogP contribution in [0.2, 0.25) is 0 Å². The van der Waals surface area contributed by atoms with Gasteiger partial charge in [0.1, 0.15) is 24.4 Å². The van der Waals surface area contributed by atoms with Crippen LogP contribution >= 0.6 is 0 Å². The van der Waals surface area contributed by atoms with Crippen molar-refractivity contribution in [2.75, 3.05) is 13.2 Å². The number of ether oxygens (including phenoxy) is 3. The number of nitrogens with one attached hydrogen (secondary N) is 1. The Bertz CT molecular complexity index is 1810. The van der Waals surface area contributed by atoms with E-state index in [1.54, 1.807) is 6.08 Å². The lowest BCUT2D eigenvalue weighted by Crippen LogP contribution is -2.61. The van der Waals surface area contributed by atoms with Crippen molar-refractivity contribution in [3.8, 4) is 0 Å². The Labute approximate surface area is 486 Å². The van der Waals surface area contributed by atoms with Crippen LogP contribution in [-0.4, -0.2) is 99.6 Å². The third kappa shape index (κ3) is 42.6. The minimum atomic E-state index is -1.65. The first-order chi connectivity index (χ1) is 39.2. The first-order valence-electron chi connectivity index (χ1n) is 31.5. The van der Waals surface area contributed by atoms with Gasteiger partial charge >= 0.3 is 5.97 Å². The van der Waals surface area contributed by atoms with E-state index >= 15 is 0 Å². The van der Waals surface area contributed by atoms with Crippen molar-refractivity contribution >= 4 is 11.9 Å². The first-order valence-corrected chi connectivity index (χ1v) is 31.5. The van der Waals surface area contributed by atoms with Crippen LogP contribution in [0, 0.1) is 0 Å². The predicted molar refractivity (Wildman–Crippen MR) is 333 cm³/mol. The van der Waals surface area contributed by atoms with Gasteiger partial charge in [-0.15, -0.1) is 0 Å². The minimum absolute atomic E-state index is 0.0563. The van der Waals surface area contributed by atoms with Gasteiger partial charge in [-0.25, -0.2) is 0 Å². The van der Waals surface area contributed by atoms with Crippen LogP contribution in [0.3, 0.4) is 0 Å². The number of hydrogen-bond acceptors (Lipinski definition) is 10. The molecule has 1 fully saturated rings. The highest BCUT2D eigenvalue weighted by Gasteiger charge is 2.47. The van der Waals surface area contributed by atoms with Gasteiger partial charge in [-0.3, -0.25) is 9.59 Å². The number of carbonyl (C=O) groups is 2. The Balaban J connectivity index is 2.74. The molecule has 1 saturated heterocycles. The van der Waals surface area contributed by atoms with E-state index in [0.717, 1.165) is 116 Å². The van der Waals surface area contributed by atoms with E-state index < -0.39 is 67.4 Å². The van der Waals surface area contributed by atoms with Crippen LogP contribution < -0.4 is 5.32 Å². The highest BCUT2D eigenvalue weighted by molar-refractivity contribution is 5.80. The lowest BCUT2D eigenvalue weighted by molar-refractivity contribution is -0.305. The second kappa shape index (κ2) is 55.3. The zero-order chi connectivity index (χ0) is 58.2. The molecule has 0 spiro atoms. The maximum absolute atomic E-state index is 13.4. The van der Waals surface area contributed by atoms with E-state index in [2.05, 4.69) is 148 Å². The number of unbranched alkanes of at least 4 members (excludes halogenated alkanes) is 17. The highest BCUT2D eigenvalue weighted by atomic mass is 16.7. The van der Waals surface area contributed by atoms with Crippen LogP contribution in [0.15, 0.2) is 134 Å². The number of amides is 1. The molecular formula is C69H113NO10. The summed E-state index contributed by atoms with van der Waals surface area (Å²) in [4.78, 5) is 26.5. The number of allylic oxidation sites excluding steroid dienone is 21. The van der Waals surface area contributed by atoms with Gasteiger partial charge in [-0.2, -0.15) is 0 Å². The van der Waals surface area contributed by atoms with Crippen molar-refractivity contribution in [1.82, 2.24) is 5.32 Å². The Morgan fingerprint density at radius 3 is 1.38 bits per heavy atom. The number of esters is 1. The first kappa shape index (κ1) is 73.8. The number of aliphatic hydroxyl groups excluding tert-OH is 5. The molecule has 1 aliphatic heterocycles. The summed E-state index contributed by atoms with van der Waals surface area (Å²) in [5.41, 5.74) is 0. The summed E-state index contributed by atoms with van der Waals surface area (Å²) in [5.74, 6) is -1.28. The van der Waals surface area contributed by atoms with Gasteiger partial charge in [0.15, 0.2) is 12.4 Å². The van der Waals surface area contributed by atoms with E-state index in [4.69, 9.17) is 14.2 Å². The van der Waals surface area contributed by atoms with Crippen LogP contribution in [0.25, 0.3) is 0 Å². The molecule has 0 bridgehead atoms. The van der Waals surface area contributed by atoms with E-state index in [1.165, 1.54) is 64.2 Å². The van der Waals surface area contributed by atoms with Crippen molar-refractivity contribution in [1.29, 1.82) is 0 Å². The molecule has 8 atom stereocenters.